The lowest BCUT2D eigenvalue weighted by atomic mass is 9.66. The third-order valence-corrected chi connectivity index (χ3v) is 8.93. The molecule has 0 N–H and O–H groups in total. The molecule has 0 fully saturated rings. The van der Waals surface area contributed by atoms with Crippen LogP contribution in [0.5, 0.6) is 0 Å². The van der Waals surface area contributed by atoms with Crippen LogP contribution in [0, 0.1) is 0 Å². The van der Waals surface area contributed by atoms with E-state index in [-0.39, 0.29) is 5.41 Å². The maximum absolute atomic E-state index is 4.60. The molecule has 1 aliphatic heterocycles. The summed E-state index contributed by atoms with van der Waals surface area (Å²) in [5, 5.41) is 6.77. The van der Waals surface area contributed by atoms with Gasteiger partial charge >= 0.3 is 0 Å². The van der Waals surface area contributed by atoms with Crippen molar-refractivity contribution in [3.05, 3.63) is 118 Å². The highest BCUT2D eigenvalue weighted by Gasteiger charge is 2.52. The standard InChI is InChI=1S/C27H16N4S2/c1-3-8-21-17(6-1)27(19-11-14-32-24(19)25-20(27)12-15-33-25)18-7-2-4-9-22(18)31(21)30-16-29-26-23(30)10-5-13-28-26/h1-16H. The smallest absolute Gasteiger partial charge is 0.179 e. The lowest BCUT2D eigenvalue weighted by molar-refractivity contribution is 0.712. The number of imidazole rings is 1. The van der Waals surface area contributed by atoms with Crippen LogP contribution >= 0.6 is 22.7 Å². The maximum Gasteiger partial charge on any atom is 0.179 e. The summed E-state index contributed by atoms with van der Waals surface area (Å²) in [6, 6.07) is 26.3. The Hall–Kier alpha value is -3.74. The first kappa shape index (κ1) is 17.8. The van der Waals surface area contributed by atoms with Crippen molar-refractivity contribution in [3.63, 3.8) is 0 Å². The lowest BCUT2D eigenvalue weighted by Crippen LogP contribution is -2.39. The van der Waals surface area contributed by atoms with Gasteiger partial charge in [-0.05, 0) is 69.4 Å². The van der Waals surface area contributed by atoms with Crippen LogP contribution in [0.4, 0.5) is 11.4 Å². The summed E-state index contributed by atoms with van der Waals surface area (Å²) >= 11 is 3.70. The van der Waals surface area contributed by atoms with E-state index in [0.717, 1.165) is 22.5 Å². The van der Waals surface area contributed by atoms with Gasteiger partial charge in [0.05, 0.1) is 16.8 Å². The minimum Gasteiger partial charge on any atom is -0.247 e. The van der Waals surface area contributed by atoms with Gasteiger partial charge in [0, 0.05) is 16.0 Å². The number of fused-ring (bicyclic) bond motifs is 10. The van der Waals surface area contributed by atoms with Crippen LogP contribution in [-0.2, 0) is 5.41 Å². The van der Waals surface area contributed by atoms with Crippen LogP contribution in [0.25, 0.3) is 20.9 Å². The van der Waals surface area contributed by atoms with Gasteiger partial charge in [-0.25, -0.2) is 19.7 Å². The first-order valence-corrected chi connectivity index (χ1v) is 12.6. The van der Waals surface area contributed by atoms with E-state index in [1.54, 1.807) is 6.20 Å². The number of hydrogen-bond donors (Lipinski definition) is 0. The molecule has 4 nitrogen and oxygen atoms in total. The zero-order valence-electron chi connectivity index (χ0n) is 17.3. The largest absolute Gasteiger partial charge is 0.247 e. The first-order valence-electron chi connectivity index (χ1n) is 10.8. The predicted molar refractivity (Wildman–Crippen MR) is 135 cm³/mol. The van der Waals surface area contributed by atoms with E-state index >= 15 is 0 Å². The van der Waals surface area contributed by atoms with Gasteiger partial charge in [0.15, 0.2) is 5.65 Å². The molecule has 0 saturated carbocycles. The number of hydrogen-bond acceptors (Lipinski definition) is 5. The van der Waals surface area contributed by atoms with Gasteiger partial charge in [-0.15, -0.1) is 22.7 Å². The molecule has 6 aromatic rings. The highest BCUT2D eigenvalue weighted by molar-refractivity contribution is 7.21. The zero-order chi connectivity index (χ0) is 21.6. The minimum atomic E-state index is -0.316. The second-order valence-electron chi connectivity index (χ2n) is 8.36. The predicted octanol–water partition coefficient (Wildman–Crippen LogP) is 6.83. The van der Waals surface area contributed by atoms with Crippen molar-refractivity contribution >= 4 is 45.2 Å². The Kier molecular flexibility index (Phi) is 3.33. The lowest BCUT2D eigenvalue weighted by Gasteiger charge is -2.44. The van der Waals surface area contributed by atoms with Crippen LogP contribution in [-0.4, -0.2) is 14.6 Å². The average Bonchev–Trinajstić information content (AvgIpc) is 3.64. The molecule has 1 spiro atoms. The molecule has 2 aromatic carbocycles. The number of rotatable bonds is 1. The van der Waals surface area contributed by atoms with Crippen LogP contribution in [0.15, 0.2) is 96.1 Å². The number of aromatic nitrogens is 3. The van der Waals surface area contributed by atoms with Crippen LogP contribution in [0.2, 0.25) is 0 Å². The Bertz CT molecular complexity index is 1620. The number of pyridine rings is 1. The Balaban J connectivity index is 1.54. The van der Waals surface area contributed by atoms with Gasteiger partial charge < -0.3 is 0 Å². The molecular formula is C27H16N4S2. The summed E-state index contributed by atoms with van der Waals surface area (Å²) in [6.45, 7) is 0. The van der Waals surface area contributed by atoms with E-state index in [2.05, 4.69) is 97.1 Å². The van der Waals surface area contributed by atoms with Gasteiger partial charge in [-0.1, -0.05) is 36.4 Å². The number of thiophene rings is 2. The minimum absolute atomic E-state index is 0.316. The maximum atomic E-state index is 4.60. The molecule has 6 heteroatoms. The third kappa shape index (κ3) is 2.02. The quantitative estimate of drug-likeness (QED) is 0.269. The van der Waals surface area contributed by atoms with E-state index in [0.29, 0.717) is 0 Å². The van der Waals surface area contributed by atoms with Gasteiger partial charge in [-0.3, -0.25) is 0 Å². The van der Waals surface area contributed by atoms with E-state index in [4.69, 9.17) is 0 Å². The van der Waals surface area contributed by atoms with E-state index < -0.39 is 0 Å². The first-order chi connectivity index (χ1) is 16.4. The third-order valence-electron chi connectivity index (χ3n) is 6.93. The van der Waals surface area contributed by atoms with Gasteiger partial charge in [-0.2, -0.15) is 0 Å². The van der Waals surface area contributed by atoms with Gasteiger partial charge in [0.2, 0.25) is 0 Å². The van der Waals surface area contributed by atoms with Crippen molar-refractivity contribution in [1.82, 2.24) is 14.6 Å². The summed E-state index contributed by atoms with van der Waals surface area (Å²) in [5.74, 6) is 0. The molecule has 0 amide bonds. The van der Waals surface area contributed by atoms with Crippen LogP contribution in [0.1, 0.15) is 22.3 Å². The van der Waals surface area contributed by atoms with Crippen molar-refractivity contribution in [1.29, 1.82) is 0 Å². The molecule has 156 valence electrons. The fourth-order valence-electron chi connectivity index (χ4n) is 5.74. The summed E-state index contributed by atoms with van der Waals surface area (Å²) in [6.07, 6.45) is 3.67. The molecule has 5 heterocycles. The molecule has 8 rings (SSSR count). The second kappa shape index (κ2) is 6.19. The summed E-state index contributed by atoms with van der Waals surface area (Å²) < 4.78 is 2.13. The van der Waals surface area contributed by atoms with Crippen molar-refractivity contribution in [3.8, 4) is 9.75 Å². The molecular weight excluding hydrogens is 444 g/mol. The Morgan fingerprint density at radius 1 is 0.636 bits per heavy atom. The highest BCUT2D eigenvalue weighted by Crippen LogP contribution is 2.64. The Morgan fingerprint density at radius 2 is 1.27 bits per heavy atom. The molecule has 2 aliphatic rings. The fraction of sp³-hybridized carbons (Fsp3) is 0.0370. The number of para-hydroxylation sites is 2. The molecule has 4 aromatic heterocycles. The van der Waals surface area contributed by atoms with Crippen molar-refractivity contribution in [2.75, 3.05) is 5.01 Å². The summed E-state index contributed by atoms with van der Waals surface area (Å²) in [4.78, 5) is 11.9. The Morgan fingerprint density at radius 3 is 1.94 bits per heavy atom. The van der Waals surface area contributed by atoms with E-state index in [1.165, 1.54) is 32.0 Å². The number of anilines is 2. The molecule has 0 unspecified atom stereocenters. The highest BCUT2D eigenvalue weighted by atomic mass is 32.1. The van der Waals surface area contributed by atoms with Gasteiger partial charge in [0.25, 0.3) is 0 Å². The second-order valence-corrected chi connectivity index (χ2v) is 10.2. The molecule has 0 saturated heterocycles. The number of nitrogens with zero attached hydrogens (tertiary/aromatic N) is 4. The molecule has 33 heavy (non-hydrogen) atoms. The molecule has 0 atom stereocenters. The Labute approximate surface area is 198 Å². The fourth-order valence-corrected chi connectivity index (χ4v) is 7.84. The topological polar surface area (TPSA) is 34.0 Å². The summed E-state index contributed by atoms with van der Waals surface area (Å²) in [7, 11) is 0. The van der Waals surface area contributed by atoms with E-state index in [1.807, 2.05) is 35.1 Å². The van der Waals surface area contributed by atoms with Crippen molar-refractivity contribution < 1.29 is 0 Å². The number of benzene rings is 2. The SMILES string of the molecule is c1ccc2c(c1)N(n1cnc3ncccc31)c1ccccc1C21c2ccsc2-c2sccc21. The van der Waals surface area contributed by atoms with Crippen LogP contribution in [0.3, 0.4) is 0 Å². The zero-order valence-corrected chi connectivity index (χ0v) is 19.0. The molecule has 1 aliphatic carbocycles. The normalized spacial score (nSPS) is 14.8. The molecule has 0 bridgehead atoms. The molecule has 0 radical (unpaired) electrons. The van der Waals surface area contributed by atoms with E-state index in [9.17, 15) is 0 Å². The average molecular weight is 461 g/mol. The van der Waals surface area contributed by atoms with Gasteiger partial charge in [0.1, 0.15) is 11.8 Å². The summed E-state index contributed by atoms with van der Waals surface area (Å²) in [5.41, 5.74) is 9.12. The van der Waals surface area contributed by atoms with Crippen molar-refractivity contribution in [2.24, 2.45) is 0 Å². The van der Waals surface area contributed by atoms with Crippen molar-refractivity contribution in [2.45, 2.75) is 5.41 Å². The monoisotopic (exact) mass is 460 g/mol. The van der Waals surface area contributed by atoms with Crippen LogP contribution < -0.4 is 5.01 Å².